The van der Waals surface area contributed by atoms with Gasteiger partial charge in [-0.3, -0.25) is 4.79 Å². The molecule has 3 heterocycles. The Labute approximate surface area is 136 Å². The van der Waals surface area contributed by atoms with Crippen LogP contribution >= 0.6 is 0 Å². The van der Waals surface area contributed by atoms with Gasteiger partial charge in [0.15, 0.2) is 0 Å². The molecular weight excluding hydrogens is 294 g/mol. The zero-order valence-corrected chi connectivity index (χ0v) is 13.6. The Bertz CT molecular complexity index is 574. The van der Waals surface area contributed by atoms with E-state index in [1.165, 1.54) is 0 Å². The number of aromatic nitrogens is 1. The number of nitrogen functional groups attached to an aromatic ring is 1. The summed E-state index contributed by atoms with van der Waals surface area (Å²) in [5.74, 6) is 0.613. The van der Waals surface area contributed by atoms with E-state index in [9.17, 15) is 9.90 Å². The molecule has 1 aromatic rings. The lowest BCUT2D eigenvalue weighted by atomic mass is 9.70. The lowest BCUT2D eigenvalue weighted by Gasteiger charge is -2.48. The summed E-state index contributed by atoms with van der Waals surface area (Å²) in [4.78, 5) is 18.4. The molecule has 2 atom stereocenters. The molecule has 2 fully saturated rings. The first kappa shape index (κ1) is 16.2. The topological polar surface area (TPSA) is 88.7 Å². The second kappa shape index (κ2) is 6.45. The largest absolute Gasteiger partial charge is 0.389 e. The van der Waals surface area contributed by atoms with Crippen LogP contribution in [0, 0.1) is 11.8 Å². The number of likely N-dealkylation sites (tertiary alicyclic amines) is 1. The first-order valence-corrected chi connectivity index (χ1v) is 8.31. The van der Waals surface area contributed by atoms with Crippen molar-refractivity contribution < 1.29 is 14.6 Å². The van der Waals surface area contributed by atoms with Crippen molar-refractivity contribution in [1.82, 2.24) is 9.88 Å². The van der Waals surface area contributed by atoms with Crippen molar-refractivity contribution >= 4 is 11.7 Å². The molecule has 6 heteroatoms. The van der Waals surface area contributed by atoms with Crippen molar-refractivity contribution in [3.63, 3.8) is 0 Å². The number of carbonyl (C=O) groups excluding carboxylic acids is 1. The Morgan fingerprint density at radius 2 is 2.22 bits per heavy atom. The van der Waals surface area contributed by atoms with Gasteiger partial charge in [0.2, 0.25) is 0 Å². The standard InChI is InChI=1S/C17H25N3O3/c1-12-11-20(16(21)13-2-6-19-15(18)10-13)7-5-17(12,22)14-3-8-23-9-4-14/h2,6,10,12,14,22H,3-5,7-9,11H2,1H3,(H2,18,19)/t12-,17+/m1/s1. The van der Waals surface area contributed by atoms with Gasteiger partial charge in [0.1, 0.15) is 5.82 Å². The highest BCUT2D eigenvalue weighted by Gasteiger charge is 2.46. The lowest BCUT2D eigenvalue weighted by Crippen LogP contribution is -2.56. The normalized spacial score (nSPS) is 29.5. The number of amides is 1. The van der Waals surface area contributed by atoms with Crippen LogP contribution in [0.1, 0.15) is 36.5 Å². The monoisotopic (exact) mass is 319 g/mol. The zero-order chi connectivity index (χ0) is 16.4. The van der Waals surface area contributed by atoms with Crippen LogP contribution in [0.15, 0.2) is 18.3 Å². The van der Waals surface area contributed by atoms with Crippen LogP contribution in [0.5, 0.6) is 0 Å². The molecule has 0 aromatic carbocycles. The molecule has 2 aliphatic rings. The van der Waals surface area contributed by atoms with Crippen molar-refractivity contribution in [2.75, 3.05) is 32.0 Å². The van der Waals surface area contributed by atoms with Crippen molar-refractivity contribution in [1.29, 1.82) is 0 Å². The van der Waals surface area contributed by atoms with Gasteiger partial charge in [-0.25, -0.2) is 4.98 Å². The molecule has 0 unspecified atom stereocenters. The SMILES string of the molecule is C[C@@H]1CN(C(=O)c2ccnc(N)c2)CC[C@@]1(O)C1CCOCC1. The van der Waals surface area contributed by atoms with Gasteiger partial charge in [-0.15, -0.1) is 0 Å². The van der Waals surface area contributed by atoms with Gasteiger partial charge in [-0.2, -0.15) is 0 Å². The molecule has 23 heavy (non-hydrogen) atoms. The van der Waals surface area contributed by atoms with Gasteiger partial charge in [-0.05, 0) is 37.3 Å². The molecule has 0 spiro atoms. The van der Waals surface area contributed by atoms with E-state index in [1.807, 2.05) is 11.8 Å². The number of carbonyl (C=O) groups is 1. The minimum atomic E-state index is -0.697. The quantitative estimate of drug-likeness (QED) is 0.858. The molecule has 0 bridgehead atoms. The number of ether oxygens (including phenoxy) is 1. The molecule has 0 radical (unpaired) electrons. The van der Waals surface area contributed by atoms with E-state index >= 15 is 0 Å². The molecule has 0 saturated carbocycles. The second-order valence-electron chi connectivity index (χ2n) is 6.75. The molecule has 2 saturated heterocycles. The third kappa shape index (κ3) is 3.19. The van der Waals surface area contributed by atoms with Gasteiger partial charge in [0.25, 0.3) is 5.91 Å². The second-order valence-corrected chi connectivity index (χ2v) is 6.75. The summed E-state index contributed by atoms with van der Waals surface area (Å²) < 4.78 is 5.41. The number of nitrogens with two attached hydrogens (primary N) is 1. The molecule has 0 aliphatic carbocycles. The molecule has 3 rings (SSSR count). The van der Waals surface area contributed by atoms with Crippen LogP contribution < -0.4 is 5.73 Å². The van der Waals surface area contributed by atoms with Crippen LogP contribution in [0.25, 0.3) is 0 Å². The Kier molecular flexibility index (Phi) is 4.55. The predicted molar refractivity (Wildman–Crippen MR) is 86.8 cm³/mol. The average Bonchev–Trinajstić information content (AvgIpc) is 2.57. The first-order valence-electron chi connectivity index (χ1n) is 8.31. The van der Waals surface area contributed by atoms with E-state index < -0.39 is 5.60 Å². The summed E-state index contributed by atoms with van der Waals surface area (Å²) in [5.41, 5.74) is 5.52. The minimum absolute atomic E-state index is 0.0417. The molecule has 1 amide bonds. The van der Waals surface area contributed by atoms with Crippen LogP contribution in [0.2, 0.25) is 0 Å². The fourth-order valence-electron chi connectivity index (χ4n) is 3.89. The number of piperidine rings is 1. The number of hydrogen-bond donors (Lipinski definition) is 2. The van der Waals surface area contributed by atoms with E-state index in [2.05, 4.69) is 4.98 Å². The van der Waals surface area contributed by atoms with Crippen molar-refractivity contribution in [2.24, 2.45) is 11.8 Å². The van der Waals surface area contributed by atoms with Crippen LogP contribution in [-0.2, 0) is 4.74 Å². The Morgan fingerprint density at radius 3 is 2.87 bits per heavy atom. The van der Waals surface area contributed by atoms with E-state index in [0.29, 0.717) is 30.9 Å². The maximum Gasteiger partial charge on any atom is 0.254 e. The highest BCUT2D eigenvalue weighted by Crippen LogP contribution is 2.39. The van der Waals surface area contributed by atoms with E-state index in [4.69, 9.17) is 10.5 Å². The van der Waals surface area contributed by atoms with Gasteiger partial charge in [0.05, 0.1) is 5.60 Å². The smallest absolute Gasteiger partial charge is 0.254 e. The Balaban J connectivity index is 1.69. The maximum absolute atomic E-state index is 12.6. The number of nitrogens with zero attached hydrogens (tertiary/aromatic N) is 2. The maximum atomic E-state index is 12.6. The number of anilines is 1. The molecular formula is C17H25N3O3. The van der Waals surface area contributed by atoms with Crippen LogP contribution in [-0.4, -0.2) is 52.8 Å². The number of aliphatic hydroxyl groups is 1. The average molecular weight is 319 g/mol. The van der Waals surface area contributed by atoms with Gasteiger partial charge in [-0.1, -0.05) is 6.92 Å². The third-order valence-corrected chi connectivity index (χ3v) is 5.37. The van der Waals surface area contributed by atoms with E-state index in [-0.39, 0.29) is 17.7 Å². The fourth-order valence-corrected chi connectivity index (χ4v) is 3.89. The highest BCUT2D eigenvalue weighted by atomic mass is 16.5. The summed E-state index contributed by atoms with van der Waals surface area (Å²) in [6.07, 6.45) is 3.96. The Hall–Kier alpha value is -1.66. The number of pyridine rings is 1. The van der Waals surface area contributed by atoms with Gasteiger partial charge in [0, 0.05) is 44.0 Å². The number of rotatable bonds is 2. The highest BCUT2D eigenvalue weighted by molar-refractivity contribution is 5.94. The summed E-state index contributed by atoms with van der Waals surface area (Å²) in [6, 6.07) is 3.29. The van der Waals surface area contributed by atoms with Crippen molar-refractivity contribution in [2.45, 2.75) is 31.8 Å². The summed E-state index contributed by atoms with van der Waals surface area (Å²) >= 11 is 0. The summed E-state index contributed by atoms with van der Waals surface area (Å²) in [5, 5.41) is 11.2. The fraction of sp³-hybridized carbons (Fsp3) is 0.647. The first-order chi connectivity index (χ1) is 11.0. The zero-order valence-electron chi connectivity index (χ0n) is 13.6. The van der Waals surface area contributed by atoms with E-state index in [1.54, 1.807) is 18.3 Å². The molecule has 126 valence electrons. The third-order valence-electron chi connectivity index (χ3n) is 5.37. The van der Waals surface area contributed by atoms with Crippen LogP contribution in [0.4, 0.5) is 5.82 Å². The summed E-state index contributed by atoms with van der Waals surface area (Å²) in [7, 11) is 0. The summed E-state index contributed by atoms with van der Waals surface area (Å²) in [6.45, 7) is 4.61. The Morgan fingerprint density at radius 1 is 1.48 bits per heavy atom. The molecule has 2 aliphatic heterocycles. The lowest BCUT2D eigenvalue weighted by molar-refractivity contribution is -0.125. The number of hydrogen-bond acceptors (Lipinski definition) is 5. The predicted octanol–water partition coefficient (Wildman–Crippen LogP) is 1.30. The van der Waals surface area contributed by atoms with Gasteiger partial charge >= 0.3 is 0 Å². The van der Waals surface area contributed by atoms with Crippen LogP contribution in [0.3, 0.4) is 0 Å². The van der Waals surface area contributed by atoms with Crippen molar-refractivity contribution in [3.05, 3.63) is 23.9 Å². The van der Waals surface area contributed by atoms with E-state index in [0.717, 1.165) is 26.1 Å². The molecule has 3 N–H and O–H groups in total. The minimum Gasteiger partial charge on any atom is -0.389 e. The molecule has 1 aromatic heterocycles. The van der Waals surface area contributed by atoms with Crippen molar-refractivity contribution in [3.8, 4) is 0 Å². The molecule has 6 nitrogen and oxygen atoms in total. The van der Waals surface area contributed by atoms with Gasteiger partial charge < -0.3 is 20.5 Å².